The van der Waals surface area contributed by atoms with E-state index >= 15 is 0 Å². The molecule has 0 saturated carbocycles. The molecule has 0 fully saturated rings. The van der Waals surface area contributed by atoms with Crippen LogP contribution in [0.25, 0.3) is 0 Å². The maximum atomic E-state index is 11.6. The summed E-state index contributed by atoms with van der Waals surface area (Å²) in [5.74, 6) is 0.369. The van der Waals surface area contributed by atoms with Gasteiger partial charge in [-0.3, -0.25) is 0 Å². The van der Waals surface area contributed by atoms with E-state index in [-0.39, 0.29) is 28.1 Å². The fourth-order valence-electron chi connectivity index (χ4n) is 5.31. The third kappa shape index (κ3) is 3.19. The minimum atomic E-state index is -0.963. The van der Waals surface area contributed by atoms with Crippen molar-refractivity contribution >= 4 is 0 Å². The van der Waals surface area contributed by atoms with E-state index in [1.54, 1.807) is 12.1 Å². The molecule has 0 aromatic heterocycles. The summed E-state index contributed by atoms with van der Waals surface area (Å²) in [5.41, 5.74) is 1.53. The number of fused-ring (bicyclic) bond motifs is 3. The van der Waals surface area contributed by atoms with Gasteiger partial charge >= 0.3 is 0 Å². The maximum Gasteiger partial charge on any atom is 0.157 e. The summed E-state index contributed by atoms with van der Waals surface area (Å²) in [6.07, 6.45) is 0.698. The molecule has 6 heteroatoms. The van der Waals surface area contributed by atoms with Crippen molar-refractivity contribution in [3.8, 4) is 28.7 Å². The van der Waals surface area contributed by atoms with Crippen LogP contribution in [-0.4, -0.2) is 33.1 Å². The summed E-state index contributed by atoms with van der Waals surface area (Å²) in [6.45, 7) is 11.0. The highest BCUT2D eigenvalue weighted by Gasteiger charge is 2.51. The number of hydrogen-bond donors (Lipinski definition) is 4. The van der Waals surface area contributed by atoms with E-state index in [1.165, 1.54) is 12.1 Å². The number of ether oxygens (including phenoxy) is 2. The molecule has 2 aromatic carbocycles. The van der Waals surface area contributed by atoms with E-state index in [4.69, 9.17) is 9.47 Å². The van der Waals surface area contributed by atoms with E-state index in [2.05, 4.69) is 34.6 Å². The first-order chi connectivity index (χ1) is 15.1. The van der Waals surface area contributed by atoms with Gasteiger partial charge in [0.05, 0.1) is 6.61 Å². The molecule has 0 amide bonds. The Bertz CT molecular complexity index is 1030. The molecule has 4 atom stereocenters. The predicted octanol–water partition coefficient (Wildman–Crippen LogP) is 5.27. The maximum absolute atomic E-state index is 11.6. The van der Waals surface area contributed by atoms with E-state index in [9.17, 15) is 20.4 Å². The first kappa shape index (κ1) is 22.6. The molecule has 0 aliphatic carbocycles. The molecule has 174 valence electrons. The molecule has 0 radical (unpaired) electrons. The highest BCUT2D eigenvalue weighted by molar-refractivity contribution is 5.64. The number of aliphatic hydroxyl groups excluding tert-OH is 1. The Morgan fingerprint density at radius 2 is 1.72 bits per heavy atom. The Hall–Kier alpha value is -2.60. The van der Waals surface area contributed by atoms with Crippen molar-refractivity contribution in [2.75, 3.05) is 6.61 Å². The van der Waals surface area contributed by atoms with Crippen LogP contribution in [0.4, 0.5) is 0 Å². The Labute approximate surface area is 189 Å². The van der Waals surface area contributed by atoms with Gasteiger partial charge in [-0.2, -0.15) is 0 Å². The van der Waals surface area contributed by atoms with Gasteiger partial charge in [-0.1, -0.05) is 53.5 Å². The zero-order valence-corrected chi connectivity index (χ0v) is 19.5. The molecule has 0 saturated heterocycles. The molecular weight excluding hydrogens is 408 g/mol. The van der Waals surface area contributed by atoms with Gasteiger partial charge in [0.1, 0.15) is 23.4 Å². The third-order valence-electron chi connectivity index (χ3n) is 8.09. The normalized spacial score (nSPS) is 26.8. The minimum Gasteiger partial charge on any atom is -0.507 e. The largest absolute Gasteiger partial charge is 0.507 e. The number of aliphatic hydroxyl groups is 1. The number of phenols is 3. The lowest BCUT2D eigenvalue weighted by molar-refractivity contribution is -0.0387. The van der Waals surface area contributed by atoms with Gasteiger partial charge in [-0.15, -0.1) is 0 Å². The van der Waals surface area contributed by atoms with E-state index < -0.39 is 18.1 Å². The van der Waals surface area contributed by atoms with Crippen LogP contribution in [0.2, 0.25) is 0 Å². The van der Waals surface area contributed by atoms with Crippen molar-refractivity contribution in [3.05, 3.63) is 41.0 Å². The predicted molar refractivity (Wildman–Crippen MR) is 122 cm³/mol. The van der Waals surface area contributed by atoms with Crippen LogP contribution in [0.15, 0.2) is 24.3 Å². The third-order valence-corrected chi connectivity index (χ3v) is 8.09. The summed E-state index contributed by atoms with van der Waals surface area (Å²) in [6, 6.07) is 6.14. The number of hydrogen-bond acceptors (Lipinski definition) is 6. The average Bonchev–Trinajstić information content (AvgIpc) is 3.12. The van der Waals surface area contributed by atoms with Crippen LogP contribution in [0.1, 0.15) is 82.6 Å². The molecular formula is C26H34O6. The highest BCUT2D eigenvalue weighted by Crippen LogP contribution is 2.61. The summed E-state index contributed by atoms with van der Waals surface area (Å²) in [4.78, 5) is 0. The average molecular weight is 443 g/mol. The standard InChI is InChI=1S/C26H34O6/c1-6-25(4,7-2)21-19-17(29)12-18-20(26(5,8-3)13-31-18)24(19)32-23(22(21)30)14-9-10-15(27)16(28)11-14/h9-12,21-23,27-30H,6-8,13H2,1-5H3. The van der Waals surface area contributed by atoms with Gasteiger partial charge in [0.25, 0.3) is 0 Å². The molecule has 2 aliphatic rings. The molecule has 2 aromatic rings. The molecule has 32 heavy (non-hydrogen) atoms. The van der Waals surface area contributed by atoms with E-state index in [0.717, 1.165) is 24.8 Å². The Morgan fingerprint density at radius 1 is 1.03 bits per heavy atom. The van der Waals surface area contributed by atoms with Gasteiger partial charge in [-0.05, 0) is 29.5 Å². The minimum absolute atomic E-state index is 0.0725. The lowest BCUT2D eigenvalue weighted by Crippen LogP contribution is -2.43. The summed E-state index contributed by atoms with van der Waals surface area (Å²) in [7, 11) is 0. The monoisotopic (exact) mass is 442 g/mol. The number of benzene rings is 2. The van der Waals surface area contributed by atoms with Gasteiger partial charge in [0, 0.05) is 28.5 Å². The van der Waals surface area contributed by atoms with Crippen LogP contribution in [0.3, 0.4) is 0 Å². The second-order valence-corrected chi connectivity index (χ2v) is 9.83. The van der Waals surface area contributed by atoms with Crippen molar-refractivity contribution in [2.24, 2.45) is 5.41 Å². The summed E-state index contributed by atoms with van der Waals surface area (Å²) < 4.78 is 12.4. The number of rotatable bonds is 5. The fraction of sp³-hybridized carbons (Fsp3) is 0.538. The molecule has 4 N–H and O–H groups in total. The SMILES string of the molecule is CCC1(C)COc2cc(O)c3c(c21)OC(c1ccc(O)c(O)c1)C(O)C3C(C)(CC)CC. The fourth-order valence-corrected chi connectivity index (χ4v) is 5.31. The molecule has 6 nitrogen and oxygen atoms in total. The molecule has 4 unspecified atom stereocenters. The van der Waals surface area contributed by atoms with Gasteiger partial charge in [0.15, 0.2) is 17.6 Å². The molecule has 0 bridgehead atoms. The van der Waals surface area contributed by atoms with Crippen molar-refractivity contribution < 1.29 is 29.9 Å². The second-order valence-electron chi connectivity index (χ2n) is 9.83. The lowest BCUT2D eigenvalue weighted by Gasteiger charge is -2.47. The van der Waals surface area contributed by atoms with Crippen LogP contribution in [0, 0.1) is 5.41 Å². The van der Waals surface area contributed by atoms with E-state index in [1.807, 2.05) is 0 Å². The first-order valence-corrected chi connectivity index (χ1v) is 11.5. The molecule has 4 rings (SSSR count). The molecule has 0 spiro atoms. The Morgan fingerprint density at radius 3 is 2.31 bits per heavy atom. The van der Waals surface area contributed by atoms with Crippen molar-refractivity contribution in [2.45, 2.75) is 77.4 Å². The van der Waals surface area contributed by atoms with Crippen molar-refractivity contribution in [1.82, 2.24) is 0 Å². The van der Waals surface area contributed by atoms with Crippen molar-refractivity contribution in [1.29, 1.82) is 0 Å². The van der Waals surface area contributed by atoms with Crippen molar-refractivity contribution in [3.63, 3.8) is 0 Å². The summed E-state index contributed by atoms with van der Waals surface area (Å²) >= 11 is 0. The van der Waals surface area contributed by atoms with Gasteiger partial charge < -0.3 is 29.9 Å². The van der Waals surface area contributed by atoms with Gasteiger partial charge in [0.2, 0.25) is 0 Å². The van der Waals surface area contributed by atoms with Gasteiger partial charge in [-0.25, -0.2) is 0 Å². The smallest absolute Gasteiger partial charge is 0.157 e. The van der Waals surface area contributed by atoms with Crippen LogP contribution < -0.4 is 9.47 Å². The highest BCUT2D eigenvalue weighted by atomic mass is 16.5. The van der Waals surface area contributed by atoms with Crippen LogP contribution in [0.5, 0.6) is 28.7 Å². The molecule has 2 heterocycles. The molecule has 2 aliphatic heterocycles. The first-order valence-electron chi connectivity index (χ1n) is 11.5. The number of aromatic hydroxyl groups is 3. The van der Waals surface area contributed by atoms with Crippen LogP contribution in [-0.2, 0) is 5.41 Å². The quantitative estimate of drug-likeness (QED) is 0.471. The topological polar surface area (TPSA) is 99.4 Å². The zero-order chi connectivity index (χ0) is 23.4. The summed E-state index contributed by atoms with van der Waals surface area (Å²) in [5, 5.41) is 42.6. The second kappa shape index (κ2) is 7.77. The Kier molecular flexibility index (Phi) is 5.48. The zero-order valence-electron chi connectivity index (χ0n) is 19.5. The van der Waals surface area contributed by atoms with E-state index in [0.29, 0.717) is 29.2 Å². The number of phenolic OH excluding ortho intramolecular Hbond substituents is 3. The Balaban J connectivity index is 1.99. The lowest BCUT2D eigenvalue weighted by atomic mass is 9.64. The van der Waals surface area contributed by atoms with Crippen LogP contribution >= 0.6 is 0 Å².